The summed E-state index contributed by atoms with van der Waals surface area (Å²) in [6.07, 6.45) is -6.36. The van der Waals surface area contributed by atoms with Crippen molar-refractivity contribution in [2.75, 3.05) is 0 Å². The molecule has 1 fully saturated rings. The molecule has 3 heterocycles. The molecule has 0 saturated heterocycles. The minimum absolute atomic E-state index is 0.0131. The second kappa shape index (κ2) is 9.94. The third kappa shape index (κ3) is 4.78. The van der Waals surface area contributed by atoms with Crippen molar-refractivity contribution >= 4 is 22.9 Å². The van der Waals surface area contributed by atoms with Crippen molar-refractivity contribution < 1.29 is 26.3 Å². The van der Waals surface area contributed by atoms with Gasteiger partial charge >= 0.3 is 12.4 Å². The van der Waals surface area contributed by atoms with Crippen LogP contribution in [0.2, 0.25) is 5.02 Å². The summed E-state index contributed by atoms with van der Waals surface area (Å²) in [5, 5.41) is 16.9. The van der Waals surface area contributed by atoms with Crippen LogP contribution in [0.3, 0.4) is 0 Å². The smallest absolute Gasteiger partial charge is 0.248 e. The largest absolute Gasteiger partial charge is 0.418 e. The zero-order valence-corrected chi connectivity index (χ0v) is 22.4. The molecule has 7 nitrogen and oxygen atoms in total. The molecule has 15 heteroatoms. The zero-order valence-electron chi connectivity index (χ0n) is 20.8. The molecule has 1 saturated carbocycles. The van der Waals surface area contributed by atoms with E-state index in [-0.39, 0.29) is 46.5 Å². The van der Waals surface area contributed by atoms with Crippen molar-refractivity contribution in [1.82, 2.24) is 34.7 Å². The van der Waals surface area contributed by atoms with E-state index in [1.54, 1.807) is 24.3 Å². The Morgan fingerprint density at radius 1 is 0.951 bits per heavy atom. The average Bonchev–Trinajstić information content (AvgIpc) is 3.64. The van der Waals surface area contributed by atoms with Gasteiger partial charge in [0.2, 0.25) is 0 Å². The van der Waals surface area contributed by atoms with Gasteiger partial charge in [-0.1, -0.05) is 53.6 Å². The van der Waals surface area contributed by atoms with E-state index in [9.17, 15) is 26.3 Å². The van der Waals surface area contributed by atoms with Crippen LogP contribution in [0.1, 0.15) is 35.4 Å². The van der Waals surface area contributed by atoms with Crippen molar-refractivity contribution in [3.05, 3.63) is 82.3 Å². The van der Waals surface area contributed by atoms with Gasteiger partial charge in [0, 0.05) is 16.1 Å². The lowest BCUT2D eigenvalue weighted by Gasteiger charge is -2.40. The molecular formula is C26H18ClF6N7S. The highest BCUT2D eigenvalue weighted by molar-refractivity contribution is 7.14. The first-order chi connectivity index (χ1) is 19.5. The fourth-order valence-corrected chi connectivity index (χ4v) is 6.13. The number of alkyl halides is 6. The van der Waals surface area contributed by atoms with Crippen LogP contribution in [0.5, 0.6) is 0 Å². The van der Waals surface area contributed by atoms with Crippen LogP contribution in [0, 0.1) is 0 Å². The highest BCUT2D eigenvalue weighted by Crippen LogP contribution is 2.55. The fraction of sp³-hybridized carbons (Fsp3) is 0.269. The maximum Gasteiger partial charge on any atom is 0.418 e. The monoisotopic (exact) mass is 609 g/mol. The van der Waals surface area contributed by atoms with E-state index < -0.39 is 23.3 Å². The molecular weight excluding hydrogens is 592 g/mol. The molecule has 0 unspecified atom stereocenters. The van der Waals surface area contributed by atoms with Gasteiger partial charge in [-0.15, -0.1) is 10.2 Å². The van der Waals surface area contributed by atoms with Crippen LogP contribution in [0.4, 0.5) is 26.3 Å². The molecule has 0 atom stereocenters. The number of nitrogens with zero attached hydrogens (tertiary/aromatic N) is 7. The van der Waals surface area contributed by atoms with E-state index in [0.717, 1.165) is 22.1 Å². The highest BCUT2D eigenvalue weighted by atomic mass is 35.5. The molecule has 3 aromatic heterocycles. The van der Waals surface area contributed by atoms with Crippen LogP contribution in [-0.4, -0.2) is 40.9 Å². The Hall–Kier alpha value is -3.78. The molecule has 5 aromatic rings. The lowest BCUT2D eigenvalue weighted by atomic mass is 9.68. The highest BCUT2D eigenvalue weighted by Gasteiger charge is 2.61. The summed E-state index contributed by atoms with van der Waals surface area (Å²) in [6.45, 7) is -0.0131. The SMILES string of the molecule is FC(F)(F)c1ccccc1-n1nc(-c2nnc(C3(C(F)(F)F)CCC3)s2)c(Cn2cncn2)c1-c1ccc(Cl)cc1. The van der Waals surface area contributed by atoms with Crippen molar-refractivity contribution in [1.29, 1.82) is 0 Å². The Labute approximate surface area is 237 Å². The molecule has 0 bridgehead atoms. The summed E-state index contributed by atoms with van der Waals surface area (Å²) in [5.41, 5.74) is -2.13. The number of benzene rings is 2. The van der Waals surface area contributed by atoms with Gasteiger partial charge in [0.25, 0.3) is 0 Å². The van der Waals surface area contributed by atoms with Crippen molar-refractivity contribution in [3.8, 4) is 27.6 Å². The summed E-state index contributed by atoms with van der Waals surface area (Å²) in [7, 11) is 0. The van der Waals surface area contributed by atoms with Crippen LogP contribution in [-0.2, 0) is 18.1 Å². The number of hydrogen-bond donors (Lipinski definition) is 0. The molecule has 212 valence electrons. The summed E-state index contributed by atoms with van der Waals surface area (Å²) in [5.74, 6) is 0. The molecule has 0 aliphatic heterocycles. The van der Waals surface area contributed by atoms with Crippen molar-refractivity contribution in [3.63, 3.8) is 0 Å². The summed E-state index contributed by atoms with van der Waals surface area (Å²) in [4.78, 5) is 3.94. The molecule has 41 heavy (non-hydrogen) atoms. The third-order valence-corrected chi connectivity index (χ3v) is 8.50. The van der Waals surface area contributed by atoms with E-state index in [2.05, 4.69) is 25.4 Å². The van der Waals surface area contributed by atoms with Gasteiger partial charge in [0.1, 0.15) is 28.8 Å². The van der Waals surface area contributed by atoms with Gasteiger partial charge in [-0.2, -0.15) is 36.5 Å². The summed E-state index contributed by atoms with van der Waals surface area (Å²) in [6, 6.07) is 11.3. The van der Waals surface area contributed by atoms with E-state index in [1.165, 1.54) is 35.5 Å². The van der Waals surface area contributed by atoms with E-state index >= 15 is 0 Å². The van der Waals surface area contributed by atoms with Gasteiger partial charge in [-0.25, -0.2) is 14.3 Å². The molecule has 0 spiro atoms. The number of hydrogen-bond acceptors (Lipinski definition) is 6. The third-order valence-electron chi connectivity index (χ3n) is 7.11. The predicted molar refractivity (Wildman–Crippen MR) is 139 cm³/mol. The van der Waals surface area contributed by atoms with Crippen LogP contribution in [0.25, 0.3) is 27.6 Å². The molecule has 6 rings (SSSR count). The Kier molecular flexibility index (Phi) is 6.64. The Balaban J connectivity index is 1.62. The first-order valence-corrected chi connectivity index (χ1v) is 13.5. The minimum Gasteiger partial charge on any atom is -0.248 e. The Morgan fingerprint density at radius 3 is 2.29 bits per heavy atom. The van der Waals surface area contributed by atoms with Gasteiger partial charge in [0.15, 0.2) is 5.01 Å². The van der Waals surface area contributed by atoms with E-state index in [0.29, 0.717) is 22.6 Å². The van der Waals surface area contributed by atoms with Crippen molar-refractivity contribution in [2.45, 2.75) is 43.6 Å². The first kappa shape index (κ1) is 27.4. The van der Waals surface area contributed by atoms with Gasteiger partial charge < -0.3 is 0 Å². The van der Waals surface area contributed by atoms with Crippen LogP contribution < -0.4 is 0 Å². The van der Waals surface area contributed by atoms with Crippen LogP contribution >= 0.6 is 22.9 Å². The van der Waals surface area contributed by atoms with Crippen molar-refractivity contribution in [2.24, 2.45) is 0 Å². The maximum absolute atomic E-state index is 14.1. The number of aromatic nitrogens is 7. The van der Waals surface area contributed by atoms with Gasteiger partial charge in [0.05, 0.1) is 23.5 Å². The molecule has 0 radical (unpaired) electrons. The van der Waals surface area contributed by atoms with E-state index in [1.807, 2.05) is 0 Å². The molecule has 1 aliphatic rings. The quantitative estimate of drug-likeness (QED) is 0.188. The Morgan fingerprint density at radius 2 is 1.68 bits per heavy atom. The minimum atomic E-state index is -4.72. The second-order valence-corrected chi connectivity index (χ2v) is 11.0. The summed E-state index contributed by atoms with van der Waals surface area (Å²) < 4.78 is 87.2. The zero-order chi connectivity index (χ0) is 29.0. The average molecular weight is 610 g/mol. The fourth-order valence-electron chi connectivity index (χ4n) is 4.89. The van der Waals surface area contributed by atoms with E-state index in [4.69, 9.17) is 11.6 Å². The van der Waals surface area contributed by atoms with Gasteiger partial charge in [-0.3, -0.25) is 0 Å². The first-order valence-electron chi connectivity index (χ1n) is 12.3. The molecule has 0 N–H and O–H groups in total. The maximum atomic E-state index is 14.1. The standard InChI is InChI=1S/C26H18ClF6N7S/c27-16-8-6-15(7-9-16)21-17(12-39-14-34-13-35-39)20(38-40(21)19-5-2-1-4-18(19)25(28,29)30)22-36-37-23(41-22)24(10-3-11-24)26(31,32)33/h1-2,4-9,13-14H,3,10-12H2. The topological polar surface area (TPSA) is 74.3 Å². The lowest BCUT2D eigenvalue weighted by Crippen LogP contribution is -2.47. The number of halogens is 7. The predicted octanol–water partition coefficient (Wildman–Crippen LogP) is 7.35. The molecule has 1 aliphatic carbocycles. The number of rotatable bonds is 6. The van der Waals surface area contributed by atoms with Crippen LogP contribution in [0.15, 0.2) is 61.2 Å². The second-order valence-electron chi connectivity index (χ2n) is 9.55. The number of para-hydroxylation sites is 1. The Bertz CT molecular complexity index is 1690. The van der Waals surface area contributed by atoms with Gasteiger partial charge in [-0.05, 0) is 37.1 Å². The molecule has 0 amide bonds. The molecule has 2 aromatic carbocycles. The summed E-state index contributed by atoms with van der Waals surface area (Å²) >= 11 is 6.84. The lowest BCUT2D eigenvalue weighted by molar-refractivity contribution is -0.212. The normalized spacial score (nSPS) is 15.2.